The number of rotatable bonds is 7. The van der Waals surface area contributed by atoms with Gasteiger partial charge in [0.1, 0.15) is 0 Å². The Bertz CT molecular complexity index is 806. The molecule has 1 aliphatic heterocycles. The molecule has 1 aliphatic rings. The first-order valence-corrected chi connectivity index (χ1v) is 8.97. The van der Waals surface area contributed by atoms with Crippen LogP contribution in [0.15, 0.2) is 24.3 Å². The second-order valence-electron chi connectivity index (χ2n) is 6.49. The molecule has 0 fully saturated rings. The third-order valence-electron chi connectivity index (χ3n) is 5.07. The van der Waals surface area contributed by atoms with Crippen LogP contribution < -0.4 is 24.3 Å². The molecule has 0 spiro atoms. The van der Waals surface area contributed by atoms with Crippen LogP contribution in [0.5, 0.6) is 23.0 Å². The summed E-state index contributed by atoms with van der Waals surface area (Å²) < 4.78 is 21.8. The molecule has 146 valence electrons. The van der Waals surface area contributed by atoms with Gasteiger partial charge >= 0.3 is 0 Å². The van der Waals surface area contributed by atoms with E-state index in [1.807, 2.05) is 18.2 Å². The Morgan fingerprint density at radius 3 is 2.00 bits per heavy atom. The summed E-state index contributed by atoms with van der Waals surface area (Å²) in [6.07, 6.45) is 1.37. The number of benzene rings is 2. The highest BCUT2D eigenvalue weighted by molar-refractivity contribution is 5.52. The van der Waals surface area contributed by atoms with E-state index in [2.05, 4.69) is 11.4 Å². The van der Waals surface area contributed by atoms with Crippen LogP contribution in [-0.2, 0) is 19.4 Å². The lowest BCUT2D eigenvalue weighted by atomic mass is 9.88. The summed E-state index contributed by atoms with van der Waals surface area (Å²) in [5, 5.41) is 13.1. The first-order valence-electron chi connectivity index (χ1n) is 8.97. The maximum absolute atomic E-state index is 9.49. The fourth-order valence-electron chi connectivity index (χ4n) is 3.66. The molecular formula is C21H27NO5. The lowest BCUT2D eigenvalue weighted by Gasteiger charge is -2.29. The van der Waals surface area contributed by atoms with E-state index in [0.717, 1.165) is 35.6 Å². The number of aliphatic hydroxyl groups excluding tert-OH is 1. The van der Waals surface area contributed by atoms with Gasteiger partial charge in [0.05, 0.1) is 28.4 Å². The van der Waals surface area contributed by atoms with Gasteiger partial charge in [-0.15, -0.1) is 0 Å². The molecule has 0 amide bonds. The molecule has 0 bridgehead atoms. The Morgan fingerprint density at radius 1 is 0.852 bits per heavy atom. The average molecular weight is 373 g/mol. The molecule has 0 saturated heterocycles. The van der Waals surface area contributed by atoms with Gasteiger partial charge in [-0.2, -0.15) is 0 Å². The highest BCUT2D eigenvalue weighted by Gasteiger charge is 2.25. The Morgan fingerprint density at radius 2 is 1.41 bits per heavy atom. The van der Waals surface area contributed by atoms with Gasteiger partial charge in [0, 0.05) is 19.2 Å². The SMILES string of the molecule is COc1cc2c(cc1OC)C[C@@H](c1cc(OC)c(OC)cc1CCO)NC2. The first kappa shape index (κ1) is 19.3. The number of fused-ring (bicyclic) bond motifs is 1. The van der Waals surface area contributed by atoms with Crippen molar-refractivity contribution < 1.29 is 24.1 Å². The van der Waals surface area contributed by atoms with Gasteiger partial charge in [-0.3, -0.25) is 0 Å². The second kappa shape index (κ2) is 8.50. The topological polar surface area (TPSA) is 69.2 Å². The highest BCUT2D eigenvalue weighted by Crippen LogP contribution is 2.38. The summed E-state index contributed by atoms with van der Waals surface area (Å²) in [5.74, 6) is 2.84. The second-order valence-corrected chi connectivity index (χ2v) is 6.49. The van der Waals surface area contributed by atoms with Crippen LogP contribution in [0.3, 0.4) is 0 Å². The van der Waals surface area contributed by atoms with E-state index in [4.69, 9.17) is 18.9 Å². The van der Waals surface area contributed by atoms with Gasteiger partial charge in [0.25, 0.3) is 0 Å². The summed E-state index contributed by atoms with van der Waals surface area (Å²) in [6.45, 7) is 0.810. The van der Waals surface area contributed by atoms with E-state index in [0.29, 0.717) is 17.9 Å². The maximum Gasteiger partial charge on any atom is 0.161 e. The fourth-order valence-corrected chi connectivity index (χ4v) is 3.66. The largest absolute Gasteiger partial charge is 0.493 e. The normalized spacial score (nSPS) is 15.8. The Labute approximate surface area is 160 Å². The molecule has 6 heteroatoms. The van der Waals surface area contributed by atoms with Crippen LogP contribution in [0.2, 0.25) is 0 Å². The molecule has 0 saturated carbocycles. The quantitative estimate of drug-likeness (QED) is 0.778. The molecule has 0 unspecified atom stereocenters. The van der Waals surface area contributed by atoms with Gasteiger partial charge < -0.3 is 29.4 Å². The Kier molecular flexibility index (Phi) is 6.08. The smallest absolute Gasteiger partial charge is 0.161 e. The van der Waals surface area contributed by atoms with Crippen molar-refractivity contribution in [3.05, 3.63) is 46.5 Å². The zero-order valence-corrected chi connectivity index (χ0v) is 16.3. The van der Waals surface area contributed by atoms with Crippen molar-refractivity contribution in [3.63, 3.8) is 0 Å². The number of hydrogen-bond acceptors (Lipinski definition) is 6. The standard InChI is InChI=1S/C21H27NO5/c1-24-18-8-13(5-6-23)16(11-21(18)27-4)17-7-14-9-19(25-2)20(26-3)10-15(14)12-22-17/h8-11,17,22-23H,5-7,12H2,1-4H3/t17-/m0/s1. The van der Waals surface area contributed by atoms with Crippen molar-refractivity contribution in [1.29, 1.82) is 0 Å². The van der Waals surface area contributed by atoms with Crippen molar-refractivity contribution >= 4 is 0 Å². The summed E-state index contributed by atoms with van der Waals surface area (Å²) in [5.41, 5.74) is 4.59. The third kappa shape index (κ3) is 3.82. The minimum Gasteiger partial charge on any atom is -0.493 e. The number of hydrogen-bond donors (Lipinski definition) is 2. The zero-order valence-electron chi connectivity index (χ0n) is 16.3. The Hall–Kier alpha value is -2.44. The molecule has 0 radical (unpaired) electrons. The van der Waals surface area contributed by atoms with Crippen molar-refractivity contribution in [2.45, 2.75) is 25.4 Å². The Balaban J connectivity index is 1.98. The monoisotopic (exact) mass is 373 g/mol. The molecule has 6 nitrogen and oxygen atoms in total. The summed E-state index contributed by atoms with van der Waals surface area (Å²) in [7, 11) is 6.55. The van der Waals surface area contributed by atoms with Gasteiger partial charge in [-0.25, -0.2) is 0 Å². The molecule has 0 aliphatic carbocycles. The van der Waals surface area contributed by atoms with Gasteiger partial charge in [0.15, 0.2) is 23.0 Å². The van der Waals surface area contributed by atoms with Crippen LogP contribution in [-0.4, -0.2) is 40.2 Å². The van der Waals surface area contributed by atoms with Crippen LogP contribution in [0.25, 0.3) is 0 Å². The van der Waals surface area contributed by atoms with Crippen LogP contribution in [0, 0.1) is 0 Å². The maximum atomic E-state index is 9.49. The molecule has 1 atom stereocenters. The number of ether oxygens (including phenoxy) is 4. The predicted octanol–water partition coefficient (Wildman–Crippen LogP) is 2.64. The molecule has 3 rings (SSSR count). The fraction of sp³-hybridized carbons (Fsp3) is 0.429. The van der Waals surface area contributed by atoms with Gasteiger partial charge in [0.2, 0.25) is 0 Å². The zero-order chi connectivity index (χ0) is 19.4. The lowest BCUT2D eigenvalue weighted by Crippen LogP contribution is -2.29. The first-order chi connectivity index (χ1) is 13.1. The van der Waals surface area contributed by atoms with Crippen molar-refractivity contribution in [1.82, 2.24) is 5.32 Å². The van der Waals surface area contributed by atoms with Gasteiger partial charge in [-0.1, -0.05) is 0 Å². The van der Waals surface area contributed by atoms with E-state index >= 15 is 0 Å². The molecule has 2 aromatic carbocycles. The highest BCUT2D eigenvalue weighted by atomic mass is 16.5. The van der Waals surface area contributed by atoms with E-state index in [9.17, 15) is 5.11 Å². The molecule has 27 heavy (non-hydrogen) atoms. The van der Waals surface area contributed by atoms with Crippen molar-refractivity contribution in [2.75, 3.05) is 35.0 Å². The predicted molar refractivity (Wildman–Crippen MR) is 103 cm³/mol. The molecule has 1 heterocycles. The minimum absolute atomic E-state index is 0.0802. The van der Waals surface area contributed by atoms with Crippen molar-refractivity contribution in [2.24, 2.45) is 0 Å². The molecule has 0 aromatic heterocycles. The summed E-state index contributed by atoms with van der Waals surface area (Å²) in [6, 6.07) is 8.15. The third-order valence-corrected chi connectivity index (χ3v) is 5.07. The number of nitrogens with one attached hydrogen (secondary N) is 1. The average Bonchev–Trinajstić information content (AvgIpc) is 2.72. The van der Waals surface area contributed by atoms with E-state index in [-0.39, 0.29) is 12.6 Å². The van der Waals surface area contributed by atoms with Gasteiger partial charge in [-0.05, 0) is 59.4 Å². The molecular weight excluding hydrogens is 346 g/mol. The summed E-state index contributed by atoms with van der Waals surface area (Å²) >= 11 is 0. The van der Waals surface area contributed by atoms with E-state index in [1.165, 1.54) is 11.1 Å². The van der Waals surface area contributed by atoms with Crippen LogP contribution in [0.1, 0.15) is 28.3 Å². The minimum atomic E-state index is 0.0802. The van der Waals surface area contributed by atoms with E-state index in [1.54, 1.807) is 28.4 Å². The summed E-state index contributed by atoms with van der Waals surface area (Å²) in [4.78, 5) is 0. The number of methoxy groups -OCH3 is 4. The number of aliphatic hydroxyl groups is 1. The van der Waals surface area contributed by atoms with Crippen LogP contribution >= 0.6 is 0 Å². The van der Waals surface area contributed by atoms with E-state index < -0.39 is 0 Å². The van der Waals surface area contributed by atoms with Crippen molar-refractivity contribution in [3.8, 4) is 23.0 Å². The molecule has 2 N–H and O–H groups in total. The molecule has 2 aromatic rings. The van der Waals surface area contributed by atoms with Crippen LogP contribution in [0.4, 0.5) is 0 Å². The lowest BCUT2D eigenvalue weighted by molar-refractivity contribution is 0.298.